The van der Waals surface area contributed by atoms with Gasteiger partial charge in [-0.05, 0) is 74.8 Å². The fraction of sp³-hybridized carbons (Fsp3) is 0.462. The topological polar surface area (TPSA) is 55.4 Å². The van der Waals surface area contributed by atoms with Crippen molar-refractivity contribution in [2.45, 2.75) is 65.2 Å². The number of rotatable bonds is 10. The van der Waals surface area contributed by atoms with Gasteiger partial charge in [-0.2, -0.15) is 0 Å². The van der Waals surface area contributed by atoms with Gasteiger partial charge in [0.1, 0.15) is 11.5 Å². The average molecular weight is 486 g/mol. The first-order valence-electron chi connectivity index (χ1n) is 11.3. The molecule has 0 aliphatic heterocycles. The second kappa shape index (κ2) is 11.5. The first kappa shape index (κ1) is 23.5. The number of hydrogen-bond acceptors (Lipinski definition) is 3. The molecule has 0 atom stereocenters. The van der Waals surface area contributed by atoms with Crippen LogP contribution >= 0.6 is 15.9 Å². The molecule has 1 amide bonds. The first-order chi connectivity index (χ1) is 15.0. The van der Waals surface area contributed by atoms with E-state index in [4.69, 9.17) is 4.74 Å². The highest BCUT2D eigenvalue weighted by atomic mass is 79.9. The molecule has 2 aliphatic rings. The zero-order valence-electron chi connectivity index (χ0n) is 18.5. The van der Waals surface area contributed by atoms with Gasteiger partial charge in [-0.15, -0.1) is 0 Å². The summed E-state index contributed by atoms with van der Waals surface area (Å²) in [5.41, 5.74) is 1.28. The van der Waals surface area contributed by atoms with Crippen LogP contribution in [0.5, 0.6) is 5.75 Å². The lowest BCUT2D eigenvalue weighted by atomic mass is 10.0. The quantitative estimate of drug-likeness (QED) is 0.228. The first-order valence-corrected chi connectivity index (χ1v) is 12.1. The monoisotopic (exact) mass is 485 g/mol. The molecular formula is C26H32BrNO3. The summed E-state index contributed by atoms with van der Waals surface area (Å²) in [4.78, 5) is 25.3. The number of carbonyl (C=O) groups is 2. The van der Waals surface area contributed by atoms with Crippen LogP contribution in [0.15, 0.2) is 52.4 Å². The number of Topliss-reactive ketones (excluding diaryl/α,β-unsaturated/α-hetero) is 1. The van der Waals surface area contributed by atoms with Crippen molar-refractivity contribution in [3.05, 3.63) is 57.9 Å². The van der Waals surface area contributed by atoms with Crippen molar-refractivity contribution < 1.29 is 14.3 Å². The Morgan fingerprint density at radius 2 is 1.81 bits per heavy atom. The molecule has 2 saturated carbocycles. The molecule has 1 aromatic rings. The van der Waals surface area contributed by atoms with Gasteiger partial charge in [-0.25, -0.2) is 0 Å². The zero-order valence-corrected chi connectivity index (χ0v) is 20.0. The maximum Gasteiger partial charge on any atom is 0.224 e. The molecule has 31 heavy (non-hydrogen) atoms. The molecule has 0 radical (unpaired) electrons. The van der Waals surface area contributed by atoms with Crippen LogP contribution in [0.2, 0.25) is 0 Å². The SMILES string of the molecule is CC/C=C\C(Oc1ccc(/C=C(\NC(=O)CC2CCCC2)C(=O)C2CC2)cc1)=C(/C)Br. The van der Waals surface area contributed by atoms with Gasteiger partial charge in [0, 0.05) is 16.8 Å². The third kappa shape index (κ3) is 7.49. The van der Waals surface area contributed by atoms with E-state index in [0.717, 1.165) is 47.9 Å². The zero-order chi connectivity index (χ0) is 22.2. The Kier molecular flexibility index (Phi) is 8.70. The summed E-state index contributed by atoms with van der Waals surface area (Å²) in [5, 5.41) is 2.92. The Bertz CT molecular complexity index is 868. The molecule has 1 N–H and O–H groups in total. The number of amides is 1. The number of nitrogens with one attached hydrogen (secondary N) is 1. The number of benzene rings is 1. The summed E-state index contributed by atoms with van der Waals surface area (Å²) >= 11 is 3.48. The Labute approximate surface area is 194 Å². The van der Waals surface area contributed by atoms with Crippen molar-refractivity contribution in [3.63, 3.8) is 0 Å². The number of carbonyl (C=O) groups excluding carboxylic acids is 2. The molecule has 0 bridgehead atoms. The summed E-state index contributed by atoms with van der Waals surface area (Å²) in [6.45, 7) is 4.02. The predicted octanol–water partition coefficient (Wildman–Crippen LogP) is 6.67. The summed E-state index contributed by atoms with van der Waals surface area (Å²) in [6, 6.07) is 7.56. The minimum atomic E-state index is -0.0441. The van der Waals surface area contributed by atoms with E-state index in [1.54, 1.807) is 6.08 Å². The molecule has 5 heteroatoms. The highest BCUT2D eigenvalue weighted by Gasteiger charge is 2.32. The lowest BCUT2D eigenvalue weighted by molar-refractivity contribution is -0.124. The van der Waals surface area contributed by atoms with E-state index in [0.29, 0.717) is 23.8 Å². The van der Waals surface area contributed by atoms with Crippen LogP contribution in [0.3, 0.4) is 0 Å². The molecule has 0 aromatic heterocycles. The van der Waals surface area contributed by atoms with E-state index in [1.807, 2.05) is 43.3 Å². The number of ether oxygens (including phenoxy) is 1. The van der Waals surface area contributed by atoms with Crippen LogP contribution in [-0.4, -0.2) is 11.7 Å². The van der Waals surface area contributed by atoms with Gasteiger partial charge in [0.2, 0.25) is 5.91 Å². The largest absolute Gasteiger partial charge is 0.457 e. The fourth-order valence-corrected chi connectivity index (χ4v) is 4.00. The van der Waals surface area contributed by atoms with Crippen molar-refractivity contribution in [2.24, 2.45) is 11.8 Å². The average Bonchev–Trinajstić information content (AvgIpc) is 3.48. The highest BCUT2D eigenvalue weighted by molar-refractivity contribution is 9.11. The van der Waals surface area contributed by atoms with E-state index in [2.05, 4.69) is 28.2 Å². The van der Waals surface area contributed by atoms with Gasteiger partial charge in [0.25, 0.3) is 0 Å². The maximum atomic E-state index is 12.7. The second-order valence-electron chi connectivity index (χ2n) is 8.48. The van der Waals surface area contributed by atoms with Crippen molar-refractivity contribution in [1.29, 1.82) is 0 Å². The van der Waals surface area contributed by atoms with Gasteiger partial charge in [0.15, 0.2) is 5.78 Å². The van der Waals surface area contributed by atoms with Crippen molar-refractivity contribution >= 4 is 33.7 Å². The fourth-order valence-electron chi connectivity index (χ4n) is 3.78. The minimum absolute atomic E-state index is 0.0441. The molecule has 4 nitrogen and oxygen atoms in total. The Balaban J connectivity index is 1.70. The van der Waals surface area contributed by atoms with E-state index in [9.17, 15) is 9.59 Å². The summed E-state index contributed by atoms with van der Waals surface area (Å²) in [7, 11) is 0. The van der Waals surface area contributed by atoms with Crippen molar-refractivity contribution in [1.82, 2.24) is 5.32 Å². The highest BCUT2D eigenvalue weighted by Crippen LogP contribution is 2.33. The van der Waals surface area contributed by atoms with E-state index >= 15 is 0 Å². The Morgan fingerprint density at radius 1 is 1.13 bits per heavy atom. The number of allylic oxidation sites excluding steroid dienone is 4. The molecule has 0 unspecified atom stereocenters. The van der Waals surface area contributed by atoms with E-state index < -0.39 is 0 Å². The molecule has 1 aromatic carbocycles. The standard InChI is InChI=1S/C26H32BrNO3/c1-3-4-9-24(18(2)27)31-22-14-10-20(11-15-22)16-23(26(30)21-12-13-21)28-25(29)17-19-7-5-6-8-19/h4,9-11,14-16,19,21H,3,5-8,12-13,17H2,1-2H3,(H,28,29)/b9-4-,23-16-,24-18-. The summed E-state index contributed by atoms with van der Waals surface area (Å²) in [6.07, 6.45) is 13.7. The molecule has 0 spiro atoms. The molecule has 166 valence electrons. The van der Waals surface area contributed by atoms with Gasteiger partial charge >= 0.3 is 0 Å². The lowest BCUT2D eigenvalue weighted by Gasteiger charge is -2.12. The molecule has 0 heterocycles. The van der Waals surface area contributed by atoms with E-state index in [-0.39, 0.29) is 17.6 Å². The van der Waals surface area contributed by atoms with E-state index in [1.165, 1.54) is 12.8 Å². The normalized spacial score (nSPS) is 18.2. The maximum absolute atomic E-state index is 12.7. The van der Waals surface area contributed by atoms with Crippen LogP contribution < -0.4 is 10.1 Å². The van der Waals surface area contributed by atoms with Crippen LogP contribution in [0.4, 0.5) is 0 Å². The molecule has 3 rings (SSSR count). The van der Waals surface area contributed by atoms with Crippen molar-refractivity contribution in [2.75, 3.05) is 0 Å². The van der Waals surface area contributed by atoms with Gasteiger partial charge in [-0.3, -0.25) is 9.59 Å². The molecule has 0 saturated heterocycles. The smallest absolute Gasteiger partial charge is 0.224 e. The van der Waals surface area contributed by atoms with Crippen LogP contribution in [0, 0.1) is 11.8 Å². The van der Waals surface area contributed by atoms with Gasteiger partial charge in [0.05, 0.1) is 5.70 Å². The van der Waals surface area contributed by atoms with Crippen LogP contribution in [0.25, 0.3) is 6.08 Å². The molecular weight excluding hydrogens is 454 g/mol. The number of hydrogen-bond donors (Lipinski definition) is 1. The van der Waals surface area contributed by atoms with Crippen LogP contribution in [-0.2, 0) is 9.59 Å². The summed E-state index contributed by atoms with van der Waals surface area (Å²) in [5.74, 6) is 1.99. The molecule has 2 aliphatic carbocycles. The van der Waals surface area contributed by atoms with Crippen LogP contribution in [0.1, 0.15) is 70.8 Å². The third-order valence-corrected chi connectivity index (χ3v) is 6.09. The van der Waals surface area contributed by atoms with Gasteiger partial charge < -0.3 is 10.1 Å². The number of halogens is 1. The Hall–Kier alpha value is -2.14. The Morgan fingerprint density at radius 3 is 2.39 bits per heavy atom. The predicted molar refractivity (Wildman–Crippen MR) is 129 cm³/mol. The van der Waals surface area contributed by atoms with Gasteiger partial charge in [-0.1, -0.05) is 53.9 Å². The lowest BCUT2D eigenvalue weighted by Crippen LogP contribution is -2.29. The third-order valence-electron chi connectivity index (χ3n) is 5.70. The molecule has 2 fully saturated rings. The second-order valence-corrected chi connectivity index (χ2v) is 9.67. The summed E-state index contributed by atoms with van der Waals surface area (Å²) < 4.78 is 6.88. The minimum Gasteiger partial charge on any atom is -0.457 e. The number of ketones is 1. The van der Waals surface area contributed by atoms with Crippen molar-refractivity contribution in [3.8, 4) is 5.75 Å².